The van der Waals surface area contributed by atoms with Crippen LogP contribution in [0.4, 0.5) is 0 Å². The number of nitrogens with zero attached hydrogens (tertiary/aromatic N) is 1. The Kier molecular flexibility index (Phi) is 6.09. The average molecular weight is 256 g/mol. The van der Waals surface area contributed by atoms with Crippen LogP contribution in [0.2, 0.25) is 0 Å². The van der Waals surface area contributed by atoms with E-state index in [9.17, 15) is 9.90 Å². The van der Waals surface area contributed by atoms with Gasteiger partial charge in [-0.3, -0.25) is 4.79 Å². The molecule has 1 amide bonds. The van der Waals surface area contributed by atoms with Crippen molar-refractivity contribution in [3.63, 3.8) is 0 Å². The standard InChI is InChI=1S/C14H28N2O2/c1-4-16(3)13(17)12(2)15-11-14(18)9-7-5-6-8-10-14/h12,15,18H,4-11H2,1-3H3. The predicted octanol–water partition coefficient (Wildman–Crippen LogP) is 1.53. The van der Waals surface area contributed by atoms with Crippen LogP contribution in [0.25, 0.3) is 0 Å². The normalized spacial score (nSPS) is 21.1. The summed E-state index contributed by atoms with van der Waals surface area (Å²) in [5.74, 6) is 0.0923. The first-order valence-corrected chi connectivity index (χ1v) is 7.19. The fourth-order valence-corrected chi connectivity index (χ4v) is 2.48. The lowest BCUT2D eigenvalue weighted by atomic mass is 9.94. The lowest BCUT2D eigenvalue weighted by molar-refractivity contribution is -0.131. The van der Waals surface area contributed by atoms with E-state index in [2.05, 4.69) is 5.32 Å². The molecule has 1 rings (SSSR count). The molecule has 1 saturated carbocycles. The van der Waals surface area contributed by atoms with Gasteiger partial charge in [-0.1, -0.05) is 25.7 Å². The van der Waals surface area contributed by atoms with Gasteiger partial charge in [-0.25, -0.2) is 0 Å². The first-order chi connectivity index (χ1) is 8.48. The minimum Gasteiger partial charge on any atom is -0.389 e. The van der Waals surface area contributed by atoms with Crippen molar-refractivity contribution in [1.82, 2.24) is 10.2 Å². The van der Waals surface area contributed by atoms with Gasteiger partial charge in [0.05, 0.1) is 11.6 Å². The van der Waals surface area contributed by atoms with E-state index in [4.69, 9.17) is 0 Å². The van der Waals surface area contributed by atoms with Crippen LogP contribution < -0.4 is 5.32 Å². The first kappa shape index (κ1) is 15.4. The van der Waals surface area contributed by atoms with Gasteiger partial charge in [0.15, 0.2) is 0 Å². The molecule has 106 valence electrons. The van der Waals surface area contributed by atoms with Crippen molar-refractivity contribution in [3.8, 4) is 0 Å². The number of likely N-dealkylation sites (N-methyl/N-ethyl adjacent to an activating group) is 1. The molecule has 0 spiro atoms. The molecule has 1 aliphatic carbocycles. The van der Waals surface area contributed by atoms with Crippen molar-refractivity contribution in [2.24, 2.45) is 0 Å². The molecule has 0 aliphatic heterocycles. The van der Waals surface area contributed by atoms with Gasteiger partial charge < -0.3 is 15.3 Å². The van der Waals surface area contributed by atoms with Crippen molar-refractivity contribution in [2.75, 3.05) is 20.1 Å². The van der Waals surface area contributed by atoms with Crippen LogP contribution in [-0.4, -0.2) is 47.7 Å². The molecular weight excluding hydrogens is 228 g/mol. The Balaban J connectivity index is 2.40. The maximum atomic E-state index is 11.9. The third-order valence-electron chi connectivity index (χ3n) is 3.99. The maximum absolute atomic E-state index is 11.9. The fourth-order valence-electron chi connectivity index (χ4n) is 2.48. The molecule has 1 aliphatic rings. The number of rotatable bonds is 5. The molecule has 4 heteroatoms. The lowest BCUT2D eigenvalue weighted by Crippen LogP contribution is -2.49. The van der Waals surface area contributed by atoms with Gasteiger partial charge in [0.1, 0.15) is 0 Å². The summed E-state index contributed by atoms with van der Waals surface area (Å²) in [6.45, 7) is 5.07. The SMILES string of the molecule is CCN(C)C(=O)C(C)NCC1(O)CCCCCC1. The van der Waals surface area contributed by atoms with Gasteiger partial charge >= 0.3 is 0 Å². The first-order valence-electron chi connectivity index (χ1n) is 7.19. The van der Waals surface area contributed by atoms with Crippen LogP contribution in [0.3, 0.4) is 0 Å². The molecule has 1 fully saturated rings. The van der Waals surface area contributed by atoms with Gasteiger partial charge in [0.2, 0.25) is 5.91 Å². The van der Waals surface area contributed by atoms with Crippen LogP contribution in [-0.2, 0) is 4.79 Å². The van der Waals surface area contributed by atoms with Crippen LogP contribution in [0, 0.1) is 0 Å². The van der Waals surface area contributed by atoms with E-state index in [1.807, 2.05) is 13.8 Å². The monoisotopic (exact) mass is 256 g/mol. The highest BCUT2D eigenvalue weighted by molar-refractivity contribution is 5.81. The van der Waals surface area contributed by atoms with E-state index in [1.54, 1.807) is 11.9 Å². The predicted molar refractivity (Wildman–Crippen MR) is 73.4 cm³/mol. The second-order valence-corrected chi connectivity index (χ2v) is 5.59. The topological polar surface area (TPSA) is 52.6 Å². The summed E-state index contributed by atoms with van der Waals surface area (Å²) in [5, 5.41) is 13.7. The minimum absolute atomic E-state index is 0.0923. The smallest absolute Gasteiger partial charge is 0.239 e. The molecule has 0 bridgehead atoms. The van der Waals surface area contributed by atoms with Gasteiger partial charge in [-0.05, 0) is 26.7 Å². The maximum Gasteiger partial charge on any atom is 0.239 e. The summed E-state index contributed by atoms with van der Waals surface area (Å²) in [7, 11) is 1.81. The molecule has 0 aromatic carbocycles. The van der Waals surface area contributed by atoms with E-state index in [-0.39, 0.29) is 11.9 Å². The van der Waals surface area contributed by atoms with Gasteiger partial charge in [0, 0.05) is 20.1 Å². The highest BCUT2D eigenvalue weighted by atomic mass is 16.3. The second kappa shape index (κ2) is 7.10. The van der Waals surface area contributed by atoms with Gasteiger partial charge in [0.25, 0.3) is 0 Å². The van der Waals surface area contributed by atoms with Crippen molar-refractivity contribution in [2.45, 2.75) is 64.0 Å². The molecule has 4 nitrogen and oxygen atoms in total. The Morgan fingerprint density at radius 3 is 2.39 bits per heavy atom. The van der Waals surface area contributed by atoms with Crippen LogP contribution in [0.1, 0.15) is 52.4 Å². The average Bonchev–Trinajstić information content (AvgIpc) is 2.59. The Bertz CT molecular complexity index is 261. The molecule has 1 atom stereocenters. The van der Waals surface area contributed by atoms with E-state index >= 15 is 0 Å². The quantitative estimate of drug-likeness (QED) is 0.733. The molecule has 0 heterocycles. The van der Waals surface area contributed by atoms with Crippen molar-refractivity contribution < 1.29 is 9.90 Å². The molecule has 0 aromatic rings. The second-order valence-electron chi connectivity index (χ2n) is 5.59. The molecule has 0 radical (unpaired) electrons. The Hall–Kier alpha value is -0.610. The third-order valence-corrected chi connectivity index (χ3v) is 3.99. The molecule has 0 aromatic heterocycles. The molecular formula is C14H28N2O2. The lowest BCUT2D eigenvalue weighted by Gasteiger charge is -2.29. The Labute approximate surface area is 111 Å². The minimum atomic E-state index is -0.615. The Morgan fingerprint density at radius 1 is 1.33 bits per heavy atom. The zero-order valence-corrected chi connectivity index (χ0v) is 12.0. The molecule has 1 unspecified atom stereocenters. The van der Waals surface area contributed by atoms with E-state index < -0.39 is 5.60 Å². The molecule has 0 saturated heterocycles. The summed E-state index contributed by atoms with van der Waals surface area (Å²) in [4.78, 5) is 13.6. The summed E-state index contributed by atoms with van der Waals surface area (Å²) in [6, 6.07) is -0.220. The number of hydrogen-bond donors (Lipinski definition) is 2. The summed E-state index contributed by atoms with van der Waals surface area (Å²) < 4.78 is 0. The van der Waals surface area contributed by atoms with Crippen molar-refractivity contribution >= 4 is 5.91 Å². The van der Waals surface area contributed by atoms with E-state index in [1.165, 1.54) is 12.8 Å². The van der Waals surface area contributed by atoms with Crippen molar-refractivity contribution in [3.05, 3.63) is 0 Å². The highest BCUT2D eigenvalue weighted by Gasteiger charge is 2.29. The summed E-state index contributed by atoms with van der Waals surface area (Å²) in [6.07, 6.45) is 6.32. The summed E-state index contributed by atoms with van der Waals surface area (Å²) >= 11 is 0. The van der Waals surface area contributed by atoms with Crippen LogP contribution >= 0.6 is 0 Å². The van der Waals surface area contributed by atoms with E-state index in [0.29, 0.717) is 6.54 Å². The van der Waals surface area contributed by atoms with Crippen LogP contribution in [0.5, 0.6) is 0 Å². The summed E-state index contributed by atoms with van der Waals surface area (Å²) in [5.41, 5.74) is -0.615. The number of hydrogen-bond acceptors (Lipinski definition) is 3. The van der Waals surface area contributed by atoms with Gasteiger partial charge in [-0.15, -0.1) is 0 Å². The van der Waals surface area contributed by atoms with Crippen LogP contribution in [0.15, 0.2) is 0 Å². The van der Waals surface area contributed by atoms with Gasteiger partial charge in [-0.2, -0.15) is 0 Å². The van der Waals surface area contributed by atoms with Crippen molar-refractivity contribution in [1.29, 1.82) is 0 Å². The number of amides is 1. The number of aliphatic hydroxyl groups is 1. The highest BCUT2D eigenvalue weighted by Crippen LogP contribution is 2.26. The molecule has 2 N–H and O–H groups in total. The number of nitrogens with one attached hydrogen (secondary N) is 1. The fraction of sp³-hybridized carbons (Fsp3) is 0.929. The Morgan fingerprint density at radius 2 is 1.89 bits per heavy atom. The largest absolute Gasteiger partial charge is 0.389 e. The zero-order valence-electron chi connectivity index (χ0n) is 12.0. The molecule has 18 heavy (non-hydrogen) atoms. The number of carbonyl (C=O) groups is 1. The number of carbonyl (C=O) groups excluding carboxylic acids is 1. The zero-order chi connectivity index (χ0) is 13.6. The van der Waals surface area contributed by atoms with E-state index in [0.717, 1.165) is 32.2 Å². The third kappa shape index (κ3) is 4.58.